The zero-order valence-electron chi connectivity index (χ0n) is 10.7. The molecule has 0 radical (unpaired) electrons. The van der Waals surface area contributed by atoms with Gasteiger partial charge in [0.2, 0.25) is 0 Å². The van der Waals surface area contributed by atoms with E-state index in [9.17, 15) is 0 Å². The number of likely N-dealkylation sites (N-methyl/N-ethyl adjacent to an activating group) is 1. The van der Waals surface area contributed by atoms with Gasteiger partial charge in [0.25, 0.3) is 0 Å². The van der Waals surface area contributed by atoms with E-state index in [2.05, 4.69) is 24.2 Å². The highest BCUT2D eigenvalue weighted by atomic mass is 16.5. The van der Waals surface area contributed by atoms with Crippen LogP contribution in [-0.4, -0.2) is 50.3 Å². The molecule has 1 saturated heterocycles. The summed E-state index contributed by atoms with van der Waals surface area (Å²) in [7, 11) is 2.18. The largest absolute Gasteiger partial charge is 0.374 e. The molecule has 0 aromatic rings. The van der Waals surface area contributed by atoms with E-state index >= 15 is 0 Å². The van der Waals surface area contributed by atoms with E-state index in [-0.39, 0.29) is 0 Å². The smallest absolute Gasteiger partial charge is 0.0826 e. The van der Waals surface area contributed by atoms with E-state index in [1.807, 2.05) is 0 Å². The second-order valence-corrected chi connectivity index (χ2v) is 5.62. The summed E-state index contributed by atoms with van der Waals surface area (Å²) < 4.78 is 5.76. The van der Waals surface area contributed by atoms with Crippen LogP contribution in [0.25, 0.3) is 0 Å². The monoisotopic (exact) mass is 226 g/mol. The fraction of sp³-hybridized carbons (Fsp3) is 1.00. The van der Waals surface area contributed by atoms with Crippen molar-refractivity contribution >= 4 is 0 Å². The minimum Gasteiger partial charge on any atom is -0.374 e. The van der Waals surface area contributed by atoms with Gasteiger partial charge in [0.05, 0.1) is 12.7 Å². The molecule has 94 valence electrons. The third kappa shape index (κ3) is 3.72. The Morgan fingerprint density at radius 1 is 1.25 bits per heavy atom. The maximum Gasteiger partial charge on any atom is 0.0826 e. The van der Waals surface area contributed by atoms with Crippen LogP contribution in [0, 0.1) is 5.92 Å². The third-order valence-electron chi connectivity index (χ3n) is 3.99. The summed E-state index contributed by atoms with van der Waals surface area (Å²) >= 11 is 0. The van der Waals surface area contributed by atoms with Crippen LogP contribution in [0.2, 0.25) is 0 Å². The van der Waals surface area contributed by atoms with Gasteiger partial charge in [-0.2, -0.15) is 0 Å². The lowest BCUT2D eigenvalue weighted by atomic mass is 9.87. The lowest BCUT2D eigenvalue weighted by molar-refractivity contribution is -0.0198. The van der Waals surface area contributed by atoms with Gasteiger partial charge >= 0.3 is 0 Å². The van der Waals surface area contributed by atoms with Crippen molar-refractivity contribution < 1.29 is 4.74 Å². The molecule has 0 aromatic carbocycles. The van der Waals surface area contributed by atoms with E-state index in [1.165, 1.54) is 25.7 Å². The lowest BCUT2D eigenvalue weighted by Crippen LogP contribution is -2.47. The van der Waals surface area contributed by atoms with E-state index in [0.717, 1.165) is 38.2 Å². The Balaban J connectivity index is 1.63. The molecule has 2 rings (SSSR count). The molecule has 1 atom stereocenters. The minimum atomic E-state index is 0.401. The molecule has 0 aromatic heterocycles. The van der Waals surface area contributed by atoms with Crippen LogP contribution >= 0.6 is 0 Å². The molecule has 0 spiro atoms. The van der Waals surface area contributed by atoms with Crippen molar-refractivity contribution in [3.05, 3.63) is 0 Å². The van der Waals surface area contributed by atoms with Crippen molar-refractivity contribution in [1.29, 1.82) is 0 Å². The lowest BCUT2D eigenvalue weighted by Gasteiger charge is -2.33. The summed E-state index contributed by atoms with van der Waals surface area (Å²) in [6.07, 6.45) is 5.89. The summed E-state index contributed by atoms with van der Waals surface area (Å²) in [4.78, 5) is 2.36. The zero-order chi connectivity index (χ0) is 11.4. The minimum absolute atomic E-state index is 0.401. The average Bonchev–Trinajstić information content (AvgIpc) is 2.28. The van der Waals surface area contributed by atoms with Gasteiger partial charge in [-0.15, -0.1) is 0 Å². The van der Waals surface area contributed by atoms with Gasteiger partial charge in [-0.1, -0.05) is 6.92 Å². The summed E-state index contributed by atoms with van der Waals surface area (Å²) in [5.41, 5.74) is 0. The number of rotatable bonds is 3. The molecular weight excluding hydrogens is 200 g/mol. The van der Waals surface area contributed by atoms with Gasteiger partial charge in [-0.3, -0.25) is 0 Å². The van der Waals surface area contributed by atoms with Crippen LogP contribution in [0.15, 0.2) is 0 Å². The number of ether oxygens (including phenoxy) is 1. The quantitative estimate of drug-likeness (QED) is 0.789. The first-order valence-electron chi connectivity index (χ1n) is 6.77. The van der Waals surface area contributed by atoms with Gasteiger partial charge in [-0.05, 0) is 38.6 Å². The van der Waals surface area contributed by atoms with Crippen molar-refractivity contribution in [2.45, 2.75) is 44.8 Å². The first kappa shape index (κ1) is 12.3. The van der Waals surface area contributed by atoms with Gasteiger partial charge in [0, 0.05) is 25.7 Å². The van der Waals surface area contributed by atoms with Gasteiger partial charge < -0.3 is 15.0 Å². The Labute approximate surface area is 99.5 Å². The molecule has 3 nitrogen and oxygen atoms in total. The summed E-state index contributed by atoms with van der Waals surface area (Å²) in [5, 5.41) is 3.68. The van der Waals surface area contributed by atoms with Crippen molar-refractivity contribution in [3.63, 3.8) is 0 Å². The highest BCUT2D eigenvalue weighted by Crippen LogP contribution is 2.23. The molecule has 16 heavy (non-hydrogen) atoms. The average molecular weight is 226 g/mol. The highest BCUT2D eigenvalue weighted by Gasteiger charge is 2.21. The number of nitrogens with one attached hydrogen (secondary N) is 1. The zero-order valence-corrected chi connectivity index (χ0v) is 10.7. The first-order valence-corrected chi connectivity index (χ1v) is 6.77. The first-order chi connectivity index (χ1) is 7.74. The van der Waals surface area contributed by atoms with E-state index < -0.39 is 0 Å². The molecule has 2 aliphatic rings. The maximum atomic E-state index is 5.76. The molecular formula is C13H26N2O. The molecule has 1 aliphatic carbocycles. The molecule has 1 N–H and O–H groups in total. The van der Waals surface area contributed by atoms with E-state index in [1.54, 1.807) is 0 Å². The highest BCUT2D eigenvalue weighted by molar-refractivity contribution is 4.78. The molecule has 3 heteroatoms. The fourth-order valence-electron chi connectivity index (χ4n) is 2.75. The fourth-order valence-corrected chi connectivity index (χ4v) is 2.75. The van der Waals surface area contributed by atoms with Gasteiger partial charge in [-0.25, -0.2) is 0 Å². The molecule has 1 unspecified atom stereocenters. The molecule has 0 bridgehead atoms. The van der Waals surface area contributed by atoms with E-state index in [4.69, 9.17) is 4.74 Å². The summed E-state index contributed by atoms with van der Waals surface area (Å²) in [5.74, 6) is 0.940. The Kier molecular flexibility index (Phi) is 4.62. The van der Waals surface area contributed by atoms with Crippen molar-refractivity contribution in [2.24, 2.45) is 5.92 Å². The second-order valence-electron chi connectivity index (χ2n) is 5.62. The van der Waals surface area contributed by atoms with Crippen LogP contribution in [0.4, 0.5) is 0 Å². The molecule has 1 saturated carbocycles. The van der Waals surface area contributed by atoms with Crippen molar-refractivity contribution in [1.82, 2.24) is 10.2 Å². The predicted octanol–water partition coefficient (Wildman–Crippen LogP) is 1.49. The Morgan fingerprint density at radius 2 is 2.00 bits per heavy atom. The number of morpholine rings is 1. The molecule has 0 amide bonds. The number of hydrogen-bond donors (Lipinski definition) is 1. The van der Waals surface area contributed by atoms with Crippen LogP contribution in [-0.2, 0) is 4.74 Å². The van der Waals surface area contributed by atoms with Crippen molar-refractivity contribution in [2.75, 3.05) is 33.3 Å². The molecule has 1 aliphatic heterocycles. The summed E-state index contributed by atoms with van der Waals surface area (Å²) in [6.45, 7) is 6.46. The summed E-state index contributed by atoms with van der Waals surface area (Å²) in [6, 6.07) is 0.743. The van der Waals surface area contributed by atoms with Crippen LogP contribution < -0.4 is 5.32 Å². The van der Waals surface area contributed by atoms with Crippen LogP contribution in [0.1, 0.15) is 32.6 Å². The SMILES string of the molecule is CC1CCC(NCC2CN(C)CCO2)CC1. The van der Waals surface area contributed by atoms with Gasteiger partial charge in [0.15, 0.2) is 0 Å². The Morgan fingerprint density at radius 3 is 2.69 bits per heavy atom. The Bertz CT molecular complexity index is 202. The molecule has 2 fully saturated rings. The van der Waals surface area contributed by atoms with Crippen LogP contribution in [0.3, 0.4) is 0 Å². The topological polar surface area (TPSA) is 24.5 Å². The number of nitrogens with zero attached hydrogens (tertiary/aromatic N) is 1. The van der Waals surface area contributed by atoms with Crippen LogP contribution in [0.5, 0.6) is 0 Å². The predicted molar refractivity (Wildman–Crippen MR) is 66.7 cm³/mol. The molecule has 1 heterocycles. The maximum absolute atomic E-state index is 5.76. The number of hydrogen-bond acceptors (Lipinski definition) is 3. The van der Waals surface area contributed by atoms with E-state index in [0.29, 0.717) is 6.10 Å². The van der Waals surface area contributed by atoms with Gasteiger partial charge in [0.1, 0.15) is 0 Å². The Hall–Kier alpha value is -0.120. The van der Waals surface area contributed by atoms with Crippen molar-refractivity contribution in [3.8, 4) is 0 Å². The standard InChI is InChI=1S/C13H26N2O/c1-11-3-5-12(6-4-11)14-9-13-10-15(2)7-8-16-13/h11-14H,3-10H2,1-2H3. The third-order valence-corrected chi connectivity index (χ3v) is 3.99. The normalized spacial score (nSPS) is 37.5. The second kappa shape index (κ2) is 5.99.